The topological polar surface area (TPSA) is 61.7 Å². The number of rotatable bonds is 6. The second-order valence-corrected chi connectivity index (χ2v) is 4.68. The molecule has 0 saturated carbocycles. The predicted molar refractivity (Wildman–Crippen MR) is 73.6 cm³/mol. The van der Waals surface area contributed by atoms with Crippen molar-refractivity contribution in [3.8, 4) is 5.75 Å². The molecule has 6 nitrogen and oxygen atoms in total. The molecule has 1 aliphatic rings. The molecule has 2 rings (SSSR count). The number of aromatic nitrogens is 2. The Kier molecular flexibility index (Phi) is 5.35. The molecule has 1 aromatic heterocycles. The van der Waals surface area contributed by atoms with Gasteiger partial charge in [0.25, 0.3) is 0 Å². The number of hydrogen-bond donors (Lipinski definition) is 1. The SMILES string of the molecule is COc1cnc(N2CCN(CCCCO)CC2)nc1. The molecule has 2 heterocycles. The van der Waals surface area contributed by atoms with E-state index in [-0.39, 0.29) is 0 Å². The summed E-state index contributed by atoms with van der Waals surface area (Å²) >= 11 is 0. The molecule has 0 aliphatic carbocycles. The largest absolute Gasteiger partial charge is 0.494 e. The lowest BCUT2D eigenvalue weighted by atomic mass is 10.2. The quantitative estimate of drug-likeness (QED) is 0.751. The van der Waals surface area contributed by atoms with Gasteiger partial charge >= 0.3 is 0 Å². The van der Waals surface area contributed by atoms with Gasteiger partial charge in [-0.05, 0) is 19.4 Å². The van der Waals surface area contributed by atoms with Crippen LogP contribution in [0.4, 0.5) is 5.95 Å². The Bertz CT molecular complexity index is 363. The maximum Gasteiger partial charge on any atom is 0.225 e. The van der Waals surface area contributed by atoms with Crippen molar-refractivity contribution in [2.45, 2.75) is 12.8 Å². The second kappa shape index (κ2) is 7.25. The molecular weight excluding hydrogens is 244 g/mol. The van der Waals surface area contributed by atoms with Gasteiger partial charge in [-0.3, -0.25) is 4.90 Å². The highest BCUT2D eigenvalue weighted by molar-refractivity contribution is 5.32. The number of aliphatic hydroxyl groups is 1. The summed E-state index contributed by atoms with van der Waals surface area (Å²) in [6, 6.07) is 0. The van der Waals surface area contributed by atoms with E-state index in [0.717, 1.165) is 51.5 Å². The van der Waals surface area contributed by atoms with Crippen molar-refractivity contribution in [3.05, 3.63) is 12.4 Å². The number of piperazine rings is 1. The molecule has 106 valence electrons. The van der Waals surface area contributed by atoms with Gasteiger partial charge in [-0.1, -0.05) is 0 Å². The zero-order valence-corrected chi connectivity index (χ0v) is 11.5. The van der Waals surface area contributed by atoms with Crippen LogP contribution in [0.2, 0.25) is 0 Å². The summed E-state index contributed by atoms with van der Waals surface area (Å²) in [4.78, 5) is 13.2. The molecule has 1 saturated heterocycles. The van der Waals surface area contributed by atoms with Gasteiger partial charge in [0.15, 0.2) is 5.75 Å². The number of anilines is 1. The lowest BCUT2D eigenvalue weighted by Crippen LogP contribution is -2.47. The van der Waals surface area contributed by atoms with Gasteiger partial charge in [0.1, 0.15) is 0 Å². The first-order valence-corrected chi connectivity index (χ1v) is 6.77. The molecular formula is C13H22N4O2. The number of aliphatic hydroxyl groups excluding tert-OH is 1. The van der Waals surface area contributed by atoms with Gasteiger partial charge in [-0.2, -0.15) is 0 Å². The molecule has 1 aliphatic heterocycles. The molecule has 0 bridgehead atoms. The van der Waals surface area contributed by atoms with E-state index < -0.39 is 0 Å². The molecule has 0 radical (unpaired) electrons. The standard InChI is InChI=1S/C13H22N4O2/c1-19-12-10-14-13(15-11-12)17-7-5-16(6-8-17)4-2-3-9-18/h10-11,18H,2-9H2,1H3. The molecule has 0 aromatic carbocycles. The number of ether oxygens (including phenoxy) is 1. The number of nitrogens with zero attached hydrogens (tertiary/aromatic N) is 4. The van der Waals surface area contributed by atoms with E-state index in [1.165, 1.54) is 0 Å². The van der Waals surface area contributed by atoms with Crippen molar-refractivity contribution in [3.63, 3.8) is 0 Å². The van der Waals surface area contributed by atoms with Crippen molar-refractivity contribution >= 4 is 5.95 Å². The van der Waals surface area contributed by atoms with E-state index in [1.54, 1.807) is 19.5 Å². The first-order valence-electron chi connectivity index (χ1n) is 6.77. The third-order valence-electron chi connectivity index (χ3n) is 3.39. The third kappa shape index (κ3) is 4.04. The minimum Gasteiger partial charge on any atom is -0.494 e. The molecule has 1 fully saturated rings. The van der Waals surface area contributed by atoms with Crippen LogP contribution in [0.1, 0.15) is 12.8 Å². The van der Waals surface area contributed by atoms with Crippen LogP contribution in [-0.2, 0) is 0 Å². The number of unbranched alkanes of at least 4 members (excludes halogenated alkanes) is 1. The van der Waals surface area contributed by atoms with Crippen molar-refractivity contribution in [1.29, 1.82) is 0 Å². The number of hydrogen-bond acceptors (Lipinski definition) is 6. The van der Waals surface area contributed by atoms with Gasteiger partial charge in [-0.25, -0.2) is 9.97 Å². The van der Waals surface area contributed by atoms with E-state index in [0.29, 0.717) is 12.4 Å². The summed E-state index contributed by atoms with van der Waals surface area (Å²) in [6.45, 7) is 5.32. The molecule has 0 unspecified atom stereocenters. The Morgan fingerprint density at radius 1 is 1.16 bits per heavy atom. The normalized spacial score (nSPS) is 16.6. The summed E-state index contributed by atoms with van der Waals surface area (Å²) in [5.41, 5.74) is 0. The Morgan fingerprint density at radius 3 is 2.42 bits per heavy atom. The fourth-order valence-corrected chi connectivity index (χ4v) is 2.20. The molecule has 0 atom stereocenters. The third-order valence-corrected chi connectivity index (χ3v) is 3.39. The van der Waals surface area contributed by atoms with Crippen LogP contribution in [0.15, 0.2) is 12.4 Å². The zero-order chi connectivity index (χ0) is 13.5. The van der Waals surface area contributed by atoms with Crippen molar-refractivity contribution in [1.82, 2.24) is 14.9 Å². The van der Waals surface area contributed by atoms with Crippen LogP contribution in [0.5, 0.6) is 5.75 Å². The molecule has 19 heavy (non-hydrogen) atoms. The van der Waals surface area contributed by atoms with Gasteiger partial charge in [0.2, 0.25) is 5.95 Å². The molecule has 6 heteroatoms. The fraction of sp³-hybridized carbons (Fsp3) is 0.692. The Hall–Kier alpha value is -1.40. The summed E-state index contributed by atoms with van der Waals surface area (Å²) in [7, 11) is 1.61. The smallest absolute Gasteiger partial charge is 0.225 e. The van der Waals surface area contributed by atoms with Gasteiger partial charge in [0.05, 0.1) is 19.5 Å². The number of methoxy groups -OCH3 is 1. The van der Waals surface area contributed by atoms with E-state index >= 15 is 0 Å². The van der Waals surface area contributed by atoms with Crippen molar-refractivity contribution in [2.24, 2.45) is 0 Å². The van der Waals surface area contributed by atoms with Crippen LogP contribution in [0.25, 0.3) is 0 Å². The first kappa shape index (κ1) is 14.0. The minimum atomic E-state index is 0.291. The maximum atomic E-state index is 8.78. The van der Waals surface area contributed by atoms with Crippen molar-refractivity contribution in [2.75, 3.05) is 51.3 Å². The summed E-state index contributed by atoms with van der Waals surface area (Å²) in [5.74, 6) is 1.46. The lowest BCUT2D eigenvalue weighted by Gasteiger charge is -2.34. The average Bonchev–Trinajstić information content (AvgIpc) is 2.48. The van der Waals surface area contributed by atoms with E-state index in [2.05, 4.69) is 19.8 Å². The van der Waals surface area contributed by atoms with Crippen LogP contribution in [0, 0.1) is 0 Å². The van der Waals surface area contributed by atoms with Crippen LogP contribution < -0.4 is 9.64 Å². The van der Waals surface area contributed by atoms with Gasteiger partial charge < -0.3 is 14.7 Å². The molecule has 1 N–H and O–H groups in total. The highest BCUT2D eigenvalue weighted by atomic mass is 16.5. The monoisotopic (exact) mass is 266 g/mol. The van der Waals surface area contributed by atoms with E-state index in [1.807, 2.05) is 0 Å². The highest BCUT2D eigenvalue weighted by Crippen LogP contribution is 2.13. The van der Waals surface area contributed by atoms with Gasteiger partial charge in [0, 0.05) is 32.8 Å². The average molecular weight is 266 g/mol. The summed E-state index contributed by atoms with van der Waals surface area (Å²) < 4.78 is 5.06. The van der Waals surface area contributed by atoms with E-state index in [4.69, 9.17) is 9.84 Å². The fourth-order valence-electron chi connectivity index (χ4n) is 2.20. The van der Waals surface area contributed by atoms with Crippen LogP contribution in [-0.4, -0.2) is 66.4 Å². The molecule has 1 aromatic rings. The van der Waals surface area contributed by atoms with Crippen molar-refractivity contribution < 1.29 is 9.84 Å². The van der Waals surface area contributed by atoms with Gasteiger partial charge in [-0.15, -0.1) is 0 Å². The Labute approximate surface area is 114 Å². The van der Waals surface area contributed by atoms with Crippen LogP contribution >= 0.6 is 0 Å². The zero-order valence-electron chi connectivity index (χ0n) is 11.5. The first-order chi connectivity index (χ1) is 9.33. The predicted octanol–water partition coefficient (Wildman–Crippen LogP) is 0.380. The summed E-state index contributed by atoms with van der Waals surface area (Å²) in [6.07, 6.45) is 5.36. The maximum absolute atomic E-state index is 8.78. The summed E-state index contributed by atoms with van der Waals surface area (Å²) in [5, 5.41) is 8.78. The molecule has 0 amide bonds. The lowest BCUT2D eigenvalue weighted by molar-refractivity contribution is 0.232. The second-order valence-electron chi connectivity index (χ2n) is 4.68. The minimum absolute atomic E-state index is 0.291. The van der Waals surface area contributed by atoms with E-state index in [9.17, 15) is 0 Å². The molecule has 0 spiro atoms. The highest BCUT2D eigenvalue weighted by Gasteiger charge is 2.18. The Balaban J connectivity index is 1.78. The Morgan fingerprint density at radius 2 is 1.84 bits per heavy atom. The van der Waals surface area contributed by atoms with Crippen LogP contribution in [0.3, 0.4) is 0 Å².